The van der Waals surface area contributed by atoms with Crippen molar-refractivity contribution in [1.29, 1.82) is 0 Å². The highest BCUT2D eigenvalue weighted by Gasteiger charge is 2.09. The summed E-state index contributed by atoms with van der Waals surface area (Å²) in [5, 5.41) is 3.26. The number of thioether (sulfide) groups is 1. The molecule has 0 amide bonds. The van der Waals surface area contributed by atoms with Gasteiger partial charge in [-0.3, -0.25) is 4.57 Å². The van der Waals surface area contributed by atoms with Crippen LogP contribution in [0.3, 0.4) is 0 Å². The summed E-state index contributed by atoms with van der Waals surface area (Å²) in [6, 6.07) is 8.32. The molecule has 1 aromatic heterocycles. The number of aryl methyl sites for hydroxylation is 1. The second-order valence-corrected chi connectivity index (χ2v) is 4.77. The molecule has 0 radical (unpaired) electrons. The van der Waals surface area contributed by atoms with Crippen molar-refractivity contribution in [3.8, 4) is 5.69 Å². The summed E-state index contributed by atoms with van der Waals surface area (Å²) < 4.78 is 2.09. The molecule has 0 fully saturated rings. The predicted octanol–water partition coefficient (Wildman–Crippen LogP) is 3.50. The molecule has 3 nitrogen and oxygen atoms in total. The Morgan fingerprint density at radius 1 is 1.44 bits per heavy atom. The molecule has 0 aliphatic rings. The Morgan fingerprint density at radius 2 is 2.22 bits per heavy atom. The maximum absolute atomic E-state index is 4.49. The largest absolute Gasteiger partial charge is 0.352 e. The second kappa shape index (κ2) is 5.78. The summed E-state index contributed by atoms with van der Waals surface area (Å²) in [5.74, 6) is 0.855. The molecule has 2 aromatic rings. The van der Waals surface area contributed by atoms with Crippen LogP contribution in [0.15, 0.2) is 48.0 Å². The average molecular weight is 259 g/mol. The van der Waals surface area contributed by atoms with E-state index in [1.54, 1.807) is 11.8 Å². The number of imidazole rings is 1. The van der Waals surface area contributed by atoms with E-state index in [0.29, 0.717) is 6.54 Å². The van der Waals surface area contributed by atoms with Crippen LogP contribution in [-0.2, 0) is 0 Å². The zero-order valence-electron chi connectivity index (χ0n) is 10.7. The van der Waals surface area contributed by atoms with Gasteiger partial charge in [0.25, 0.3) is 0 Å². The van der Waals surface area contributed by atoms with Crippen LogP contribution in [0.5, 0.6) is 0 Å². The summed E-state index contributed by atoms with van der Waals surface area (Å²) in [6.45, 7) is 6.42. The number of rotatable bonds is 5. The second-order valence-electron chi connectivity index (χ2n) is 3.92. The van der Waals surface area contributed by atoms with Crippen LogP contribution in [0.2, 0.25) is 0 Å². The molecule has 2 rings (SSSR count). The quantitative estimate of drug-likeness (QED) is 0.658. The molecular formula is C14H17N3S. The zero-order valence-corrected chi connectivity index (χ0v) is 11.5. The zero-order chi connectivity index (χ0) is 13.0. The summed E-state index contributed by atoms with van der Waals surface area (Å²) in [6.07, 6.45) is 5.95. The van der Waals surface area contributed by atoms with Gasteiger partial charge in [0.1, 0.15) is 0 Å². The van der Waals surface area contributed by atoms with Crippen molar-refractivity contribution in [3.05, 3.63) is 48.8 Å². The maximum atomic E-state index is 4.49. The van der Waals surface area contributed by atoms with Gasteiger partial charge in [-0.05, 0) is 25.3 Å². The molecule has 0 bridgehead atoms. The monoisotopic (exact) mass is 259 g/mol. The summed E-state index contributed by atoms with van der Waals surface area (Å²) >= 11 is 1.74. The standard InChI is InChI=1S/C14H17N3S/c1-4-9-15-14-16-11(2)10-17(14)12-7-5-6-8-13(12)18-3/h4-8,10H,1,9H2,2-3H3,(H,15,16). The predicted molar refractivity (Wildman–Crippen MR) is 78.8 cm³/mol. The van der Waals surface area contributed by atoms with E-state index in [4.69, 9.17) is 0 Å². The van der Waals surface area contributed by atoms with Crippen molar-refractivity contribution in [3.63, 3.8) is 0 Å². The Hall–Kier alpha value is -1.68. The molecular weight excluding hydrogens is 242 g/mol. The molecule has 94 valence electrons. The van der Waals surface area contributed by atoms with Gasteiger partial charge in [0.2, 0.25) is 5.95 Å². The van der Waals surface area contributed by atoms with E-state index in [9.17, 15) is 0 Å². The summed E-state index contributed by atoms with van der Waals surface area (Å²) in [4.78, 5) is 5.73. The third-order valence-electron chi connectivity index (χ3n) is 2.58. The molecule has 0 aliphatic heterocycles. The van der Waals surface area contributed by atoms with Crippen LogP contribution in [0, 0.1) is 6.92 Å². The fourth-order valence-electron chi connectivity index (χ4n) is 1.80. The Balaban J connectivity index is 2.45. The van der Waals surface area contributed by atoms with Gasteiger partial charge in [0.15, 0.2) is 0 Å². The van der Waals surface area contributed by atoms with Crippen LogP contribution in [0.25, 0.3) is 5.69 Å². The molecule has 0 unspecified atom stereocenters. The first-order valence-electron chi connectivity index (χ1n) is 5.80. The molecule has 0 spiro atoms. The van der Waals surface area contributed by atoms with Crippen LogP contribution >= 0.6 is 11.8 Å². The van der Waals surface area contributed by atoms with Gasteiger partial charge in [0, 0.05) is 17.6 Å². The van der Waals surface area contributed by atoms with Crippen molar-refractivity contribution >= 4 is 17.7 Å². The van der Waals surface area contributed by atoms with E-state index in [0.717, 1.165) is 17.3 Å². The smallest absolute Gasteiger partial charge is 0.208 e. The minimum absolute atomic E-state index is 0.706. The first-order valence-corrected chi connectivity index (χ1v) is 7.03. The highest BCUT2D eigenvalue weighted by Crippen LogP contribution is 2.26. The van der Waals surface area contributed by atoms with Crippen molar-refractivity contribution in [2.75, 3.05) is 18.1 Å². The van der Waals surface area contributed by atoms with Gasteiger partial charge in [0.05, 0.1) is 11.4 Å². The van der Waals surface area contributed by atoms with Crippen molar-refractivity contribution in [1.82, 2.24) is 9.55 Å². The number of anilines is 1. The summed E-state index contributed by atoms with van der Waals surface area (Å²) in [5.41, 5.74) is 2.15. The van der Waals surface area contributed by atoms with Gasteiger partial charge in [-0.1, -0.05) is 18.2 Å². The number of benzene rings is 1. The van der Waals surface area contributed by atoms with Gasteiger partial charge in [-0.15, -0.1) is 18.3 Å². The van der Waals surface area contributed by atoms with Crippen molar-refractivity contribution < 1.29 is 0 Å². The molecule has 1 N–H and O–H groups in total. The fourth-order valence-corrected chi connectivity index (χ4v) is 2.39. The lowest BCUT2D eigenvalue weighted by atomic mass is 10.3. The molecule has 4 heteroatoms. The SMILES string of the molecule is C=CCNc1nc(C)cn1-c1ccccc1SC. The summed E-state index contributed by atoms with van der Waals surface area (Å²) in [7, 11) is 0. The average Bonchev–Trinajstić information content (AvgIpc) is 2.77. The van der Waals surface area contributed by atoms with E-state index in [2.05, 4.69) is 45.9 Å². The van der Waals surface area contributed by atoms with Crippen LogP contribution in [0.4, 0.5) is 5.95 Å². The minimum Gasteiger partial charge on any atom is -0.352 e. The van der Waals surface area contributed by atoms with Gasteiger partial charge < -0.3 is 5.32 Å². The lowest BCUT2D eigenvalue weighted by Crippen LogP contribution is -2.06. The van der Waals surface area contributed by atoms with Crippen LogP contribution in [-0.4, -0.2) is 22.4 Å². The van der Waals surface area contributed by atoms with Gasteiger partial charge in [-0.2, -0.15) is 0 Å². The molecule has 0 aliphatic carbocycles. The topological polar surface area (TPSA) is 29.9 Å². The molecule has 0 atom stereocenters. The fraction of sp³-hybridized carbons (Fsp3) is 0.214. The van der Waals surface area contributed by atoms with Gasteiger partial charge in [-0.25, -0.2) is 4.98 Å². The third-order valence-corrected chi connectivity index (χ3v) is 3.36. The highest BCUT2D eigenvalue weighted by molar-refractivity contribution is 7.98. The minimum atomic E-state index is 0.706. The Kier molecular flexibility index (Phi) is 4.10. The van der Waals surface area contributed by atoms with E-state index in [-0.39, 0.29) is 0 Å². The van der Waals surface area contributed by atoms with E-state index in [1.165, 1.54) is 4.90 Å². The first kappa shape index (κ1) is 12.8. The Morgan fingerprint density at radius 3 is 2.94 bits per heavy atom. The van der Waals surface area contributed by atoms with E-state index >= 15 is 0 Å². The number of aromatic nitrogens is 2. The maximum Gasteiger partial charge on any atom is 0.208 e. The lowest BCUT2D eigenvalue weighted by Gasteiger charge is -2.11. The Labute approximate surface area is 112 Å². The molecule has 18 heavy (non-hydrogen) atoms. The van der Waals surface area contributed by atoms with E-state index in [1.807, 2.05) is 25.3 Å². The van der Waals surface area contributed by atoms with Crippen LogP contribution < -0.4 is 5.32 Å². The molecule has 1 heterocycles. The number of hydrogen-bond donors (Lipinski definition) is 1. The first-order chi connectivity index (χ1) is 8.76. The van der Waals surface area contributed by atoms with Crippen molar-refractivity contribution in [2.45, 2.75) is 11.8 Å². The Bertz CT molecular complexity index is 546. The van der Waals surface area contributed by atoms with Crippen molar-refractivity contribution in [2.24, 2.45) is 0 Å². The number of nitrogens with one attached hydrogen (secondary N) is 1. The number of hydrogen-bond acceptors (Lipinski definition) is 3. The molecule has 1 aromatic carbocycles. The highest BCUT2D eigenvalue weighted by atomic mass is 32.2. The molecule has 0 saturated heterocycles. The molecule has 0 saturated carbocycles. The number of nitrogens with zero attached hydrogens (tertiary/aromatic N) is 2. The number of para-hydroxylation sites is 1. The van der Waals surface area contributed by atoms with E-state index < -0.39 is 0 Å². The third kappa shape index (κ3) is 2.59. The van der Waals surface area contributed by atoms with Gasteiger partial charge >= 0.3 is 0 Å². The van der Waals surface area contributed by atoms with Crippen LogP contribution in [0.1, 0.15) is 5.69 Å². The lowest BCUT2D eigenvalue weighted by molar-refractivity contribution is 1.01. The normalized spacial score (nSPS) is 10.3.